The highest BCUT2D eigenvalue weighted by Gasteiger charge is 2.32. The van der Waals surface area contributed by atoms with Gasteiger partial charge in [0.15, 0.2) is 0 Å². The number of likely N-dealkylation sites (N-methyl/N-ethyl adjacent to an activating group) is 1. The fraction of sp³-hybridized carbons (Fsp3) is 0.533. The van der Waals surface area contributed by atoms with Crippen molar-refractivity contribution in [2.24, 2.45) is 0 Å². The van der Waals surface area contributed by atoms with Gasteiger partial charge in [0.1, 0.15) is 0 Å². The van der Waals surface area contributed by atoms with Gasteiger partial charge in [0.2, 0.25) is 5.91 Å². The van der Waals surface area contributed by atoms with Crippen LogP contribution in [0, 0.1) is 0 Å². The molecule has 0 spiro atoms. The summed E-state index contributed by atoms with van der Waals surface area (Å²) in [6.07, 6.45) is 3.78. The van der Waals surface area contributed by atoms with Gasteiger partial charge in [0.25, 0.3) is 0 Å². The number of nitrogen functional groups attached to an aromatic ring is 1. The molecule has 1 amide bonds. The highest BCUT2D eigenvalue weighted by atomic mass is 16.3. The maximum absolute atomic E-state index is 12.0. The van der Waals surface area contributed by atoms with Crippen LogP contribution in [0.4, 0.5) is 11.4 Å². The van der Waals surface area contributed by atoms with Crippen LogP contribution in [-0.2, 0) is 4.79 Å². The number of para-hydroxylation sites is 2. The van der Waals surface area contributed by atoms with Gasteiger partial charge in [0.05, 0.1) is 23.5 Å². The van der Waals surface area contributed by atoms with Crippen molar-refractivity contribution in [3.63, 3.8) is 0 Å². The highest BCUT2D eigenvalue weighted by molar-refractivity contribution is 5.95. The molecule has 0 bridgehead atoms. The lowest BCUT2D eigenvalue weighted by molar-refractivity contribution is -0.117. The first-order valence-electron chi connectivity index (χ1n) is 7.04. The highest BCUT2D eigenvalue weighted by Crippen LogP contribution is 2.29. The predicted octanol–water partition coefficient (Wildman–Crippen LogP) is 1.44. The molecule has 0 atom stereocenters. The van der Waals surface area contributed by atoms with E-state index in [-0.39, 0.29) is 12.5 Å². The number of carbonyl (C=O) groups excluding carboxylic acids is 1. The molecule has 1 aromatic rings. The van der Waals surface area contributed by atoms with Crippen molar-refractivity contribution in [3.05, 3.63) is 24.3 Å². The van der Waals surface area contributed by atoms with Gasteiger partial charge in [-0.3, -0.25) is 9.69 Å². The molecule has 0 saturated heterocycles. The average Bonchev–Trinajstić information content (AvgIpc) is 2.78. The molecule has 0 aliphatic heterocycles. The molecular weight excluding hydrogens is 254 g/mol. The standard InChI is InChI=1S/C15H23N3O2/c1-18(11-15(20)8-4-5-9-15)10-14(19)17-13-7-3-2-6-12(13)16/h2-3,6-7,20H,4-5,8-11,16H2,1H3,(H,17,19). The Labute approximate surface area is 119 Å². The second kappa shape index (κ2) is 6.24. The van der Waals surface area contributed by atoms with Crippen LogP contribution in [0.25, 0.3) is 0 Å². The Balaban J connectivity index is 1.83. The minimum Gasteiger partial charge on any atom is -0.397 e. The molecule has 1 aliphatic rings. The molecule has 110 valence electrons. The van der Waals surface area contributed by atoms with Crippen LogP contribution >= 0.6 is 0 Å². The Hall–Kier alpha value is -1.59. The Morgan fingerprint density at radius 3 is 2.70 bits per heavy atom. The van der Waals surface area contributed by atoms with E-state index in [0.717, 1.165) is 25.7 Å². The van der Waals surface area contributed by atoms with Crippen LogP contribution in [0.2, 0.25) is 0 Å². The van der Waals surface area contributed by atoms with E-state index in [9.17, 15) is 9.90 Å². The first kappa shape index (κ1) is 14.8. The van der Waals surface area contributed by atoms with Crippen molar-refractivity contribution in [1.29, 1.82) is 0 Å². The van der Waals surface area contributed by atoms with E-state index in [0.29, 0.717) is 17.9 Å². The fourth-order valence-corrected chi connectivity index (χ4v) is 2.80. The van der Waals surface area contributed by atoms with Gasteiger partial charge in [-0.2, -0.15) is 0 Å². The zero-order valence-corrected chi connectivity index (χ0v) is 11.9. The molecule has 5 nitrogen and oxygen atoms in total. The molecule has 0 aromatic heterocycles. The largest absolute Gasteiger partial charge is 0.397 e. The molecule has 1 aromatic carbocycles. The quantitative estimate of drug-likeness (QED) is 0.712. The van der Waals surface area contributed by atoms with Crippen molar-refractivity contribution in [1.82, 2.24) is 4.90 Å². The monoisotopic (exact) mass is 277 g/mol. The summed E-state index contributed by atoms with van der Waals surface area (Å²) in [4.78, 5) is 13.8. The third-order valence-electron chi connectivity index (χ3n) is 3.75. The van der Waals surface area contributed by atoms with Gasteiger partial charge in [0, 0.05) is 6.54 Å². The number of nitrogens with zero attached hydrogens (tertiary/aromatic N) is 1. The first-order valence-corrected chi connectivity index (χ1v) is 7.04. The molecule has 5 heteroatoms. The Morgan fingerprint density at radius 1 is 1.40 bits per heavy atom. The molecule has 4 N–H and O–H groups in total. The lowest BCUT2D eigenvalue weighted by Gasteiger charge is -2.28. The number of carbonyl (C=O) groups is 1. The third-order valence-corrected chi connectivity index (χ3v) is 3.75. The summed E-state index contributed by atoms with van der Waals surface area (Å²) in [6.45, 7) is 0.779. The van der Waals surface area contributed by atoms with Crippen molar-refractivity contribution in [2.75, 3.05) is 31.2 Å². The molecule has 0 radical (unpaired) electrons. The Morgan fingerprint density at radius 2 is 2.05 bits per heavy atom. The third kappa shape index (κ3) is 3.95. The van der Waals surface area contributed by atoms with E-state index >= 15 is 0 Å². The molecular formula is C15H23N3O2. The zero-order chi connectivity index (χ0) is 14.6. The van der Waals surface area contributed by atoms with E-state index in [2.05, 4.69) is 5.32 Å². The van der Waals surface area contributed by atoms with Crippen LogP contribution in [0.5, 0.6) is 0 Å². The van der Waals surface area contributed by atoms with E-state index in [1.165, 1.54) is 0 Å². The van der Waals surface area contributed by atoms with Crippen molar-refractivity contribution < 1.29 is 9.90 Å². The lowest BCUT2D eigenvalue weighted by Crippen LogP contribution is -2.42. The maximum atomic E-state index is 12.0. The van der Waals surface area contributed by atoms with E-state index in [1.807, 2.05) is 24.1 Å². The van der Waals surface area contributed by atoms with Gasteiger partial charge in [-0.15, -0.1) is 0 Å². The molecule has 0 heterocycles. The molecule has 1 aliphatic carbocycles. The smallest absolute Gasteiger partial charge is 0.238 e. The van der Waals surface area contributed by atoms with Crippen molar-refractivity contribution in [3.8, 4) is 0 Å². The normalized spacial score (nSPS) is 17.4. The van der Waals surface area contributed by atoms with Crippen LogP contribution in [0.3, 0.4) is 0 Å². The van der Waals surface area contributed by atoms with Crippen molar-refractivity contribution in [2.45, 2.75) is 31.3 Å². The fourth-order valence-electron chi connectivity index (χ4n) is 2.80. The number of benzene rings is 1. The number of anilines is 2. The number of amides is 1. The topological polar surface area (TPSA) is 78.6 Å². The summed E-state index contributed by atoms with van der Waals surface area (Å²) in [5, 5.41) is 13.1. The molecule has 1 fully saturated rings. The first-order chi connectivity index (χ1) is 9.48. The minimum absolute atomic E-state index is 0.119. The summed E-state index contributed by atoms with van der Waals surface area (Å²) in [5.74, 6) is -0.119. The predicted molar refractivity (Wildman–Crippen MR) is 80.4 cm³/mol. The minimum atomic E-state index is -0.624. The SMILES string of the molecule is CN(CC(=O)Nc1ccccc1N)CC1(O)CCCC1. The number of nitrogens with two attached hydrogens (primary N) is 1. The van der Waals surface area contributed by atoms with Gasteiger partial charge < -0.3 is 16.2 Å². The second-order valence-electron chi connectivity index (χ2n) is 5.74. The van der Waals surface area contributed by atoms with Crippen LogP contribution < -0.4 is 11.1 Å². The second-order valence-corrected chi connectivity index (χ2v) is 5.74. The summed E-state index contributed by atoms with van der Waals surface area (Å²) in [7, 11) is 1.85. The molecule has 1 saturated carbocycles. The molecule has 20 heavy (non-hydrogen) atoms. The lowest BCUT2D eigenvalue weighted by atomic mass is 10.0. The summed E-state index contributed by atoms with van der Waals surface area (Å²) in [5.41, 5.74) is 6.34. The van der Waals surface area contributed by atoms with Gasteiger partial charge in [-0.1, -0.05) is 25.0 Å². The maximum Gasteiger partial charge on any atom is 0.238 e. The Bertz CT molecular complexity index is 470. The molecule has 2 rings (SSSR count). The number of hydrogen-bond acceptors (Lipinski definition) is 4. The van der Waals surface area contributed by atoms with E-state index in [4.69, 9.17) is 5.73 Å². The van der Waals surface area contributed by atoms with Gasteiger partial charge in [-0.05, 0) is 32.0 Å². The van der Waals surface area contributed by atoms with Gasteiger partial charge in [-0.25, -0.2) is 0 Å². The number of aliphatic hydroxyl groups is 1. The zero-order valence-electron chi connectivity index (χ0n) is 11.9. The Kier molecular flexibility index (Phi) is 4.62. The number of nitrogens with one attached hydrogen (secondary N) is 1. The van der Waals surface area contributed by atoms with Crippen LogP contribution in [0.1, 0.15) is 25.7 Å². The average molecular weight is 277 g/mol. The summed E-state index contributed by atoms with van der Waals surface area (Å²) >= 11 is 0. The molecule has 0 unspecified atom stereocenters. The van der Waals surface area contributed by atoms with Crippen LogP contribution in [0.15, 0.2) is 24.3 Å². The van der Waals surface area contributed by atoms with Crippen LogP contribution in [-0.4, -0.2) is 41.7 Å². The van der Waals surface area contributed by atoms with Gasteiger partial charge >= 0.3 is 0 Å². The summed E-state index contributed by atoms with van der Waals surface area (Å²) in [6, 6.07) is 7.18. The number of hydrogen-bond donors (Lipinski definition) is 3. The van der Waals surface area contributed by atoms with Crippen molar-refractivity contribution >= 4 is 17.3 Å². The van der Waals surface area contributed by atoms with E-state index < -0.39 is 5.60 Å². The van der Waals surface area contributed by atoms with E-state index in [1.54, 1.807) is 12.1 Å². The summed E-state index contributed by atoms with van der Waals surface area (Å²) < 4.78 is 0. The number of rotatable bonds is 5.